The first-order chi connectivity index (χ1) is 11.5. The maximum atomic E-state index is 12.0. The number of carboxylic acid groups (broad SMARTS) is 1. The molecule has 0 fully saturated rings. The number of halogens is 3. The van der Waals surface area contributed by atoms with Crippen molar-refractivity contribution in [1.29, 1.82) is 0 Å². The maximum Gasteiger partial charge on any atom is 0.573 e. The van der Waals surface area contributed by atoms with Gasteiger partial charge in [-0.15, -0.1) is 13.2 Å². The highest BCUT2D eigenvalue weighted by Gasteiger charge is 2.31. The van der Waals surface area contributed by atoms with Crippen molar-refractivity contribution < 1.29 is 41.0 Å². The van der Waals surface area contributed by atoms with Gasteiger partial charge in [0.1, 0.15) is 5.75 Å². The Morgan fingerprint density at radius 1 is 1.08 bits per heavy atom. The number of sulfonamides is 1. The van der Waals surface area contributed by atoms with Gasteiger partial charge in [0.05, 0.1) is 11.3 Å². The molecule has 0 aromatic heterocycles. The Labute approximate surface area is 141 Å². The van der Waals surface area contributed by atoms with Crippen LogP contribution in [0, 0.1) is 0 Å². The van der Waals surface area contributed by atoms with Crippen molar-refractivity contribution in [3.63, 3.8) is 0 Å². The Balaban J connectivity index is 2.50. The van der Waals surface area contributed by atoms with Crippen LogP contribution in [0.5, 0.6) is 5.75 Å². The minimum absolute atomic E-state index is 0.0818. The summed E-state index contributed by atoms with van der Waals surface area (Å²) in [6, 6.07) is 3.55. The van der Waals surface area contributed by atoms with E-state index in [1.165, 1.54) is 0 Å². The fraction of sp³-hybridized carbons (Fsp3) is 0.385. The van der Waals surface area contributed by atoms with Gasteiger partial charge in [-0.05, 0) is 24.3 Å². The van der Waals surface area contributed by atoms with Crippen LogP contribution in [-0.4, -0.2) is 44.9 Å². The summed E-state index contributed by atoms with van der Waals surface area (Å²) in [7, 11) is -4.01. The van der Waals surface area contributed by atoms with E-state index < -0.39 is 34.0 Å². The van der Waals surface area contributed by atoms with Crippen molar-refractivity contribution in [2.24, 2.45) is 0 Å². The molecule has 3 N–H and O–H groups in total. The van der Waals surface area contributed by atoms with Gasteiger partial charge in [-0.1, -0.05) is 0 Å². The van der Waals surface area contributed by atoms with E-state index in [2.05, 4.69) is 14.8 Å². The van der Waals surface area contributed by atoms with Crippen molar-refractivity contribution in [3.05, 3.63) is 24.3 Å². The summed E-state index contributed by atoms with van der Waals surface area (Å²) < 4.78 is 65.7. The van der Waals surface area contributed by atoms with Crippen LogP contribution in [0.4, 0.5) is 13.2 Å². The molecular weight excluding hydrogens is 369 g/mol. The quantitative estimate of drug-likeness (QED) is 0.580. The lowest BCUT2D eigenvalue weighted by molar-refractivity contribution is -0.274. The van der Waals surface area contributed by atoms with E-state index >= 15 is 0 Å². The summed E-state index contributed by atoms with van der Waals surface area (Å²) in [5, 5.41) is 10.7. The number of alkyl halides is 3. The van der Waals surface area contributed by atoms with Gasteiger partial charge in [0.15, 0.2) is 0 Å². The molecule has 0 heterocycles. The monoisotopic (exact) mass is 384 g/mol. The van der Waals surface area contributed by atoms with Crippen LogP contribution in [0.1, 0.15) is 12.8 Å². The molecule has 0 aliphatic carbocycles. The third-order valence-corrected chi connectivity index (χ3v) is 4.15. The number of benzene rings is 1. The highest BCUT2D eigenvalue weighted by molar-refractivity contribution is 7.89. The first-order valence-electron chi connectivity index (χ1n) is 6.83. The number of aliphatic carboxylic acids is 1. The molecule has 1 amide bonds. The zero-order valence-electron chi connectivity index (χ0n) is 12.7. The third-order valence-electron chi connectivity index (χ3n) is 2.67. The second kappa shape index (κ2) is 8.67. The molecule has 0 saturated carbocycles. The van der Waals surface area contributed by atoms with E-state index in [4.69, 9.17) is 5.11 Å². The van der Waals surface area contributed by atoms with Gasteiger partial charge in [-0.25, -0.2) is 13.1 Å². The van der Waals surface area contributed by atoms with Crippen LogP contribution in [-0.2, 0) is 19.6 Å². The first kappa shape index (κ1) is 20.7. The Morgan fingerprint density at radius 3 is 2.20 bits per heavy atom. The molecule has 0 spiro atoms. The highest BCUT2D eigenvalue weighted by Crippen LogP contribution is 2.23. The van der Waals surface area contributed by atoms with Crippen molar-refractivity contribution in [3.8, 4) is 5.75 Å². The lowest BCUT2D eigenvalue weighted by atomic mass is 10.3. The predicted molar refractivity (Wildman–Crippen MR) is 78.2 cm³/mol. The van der Waals surface area contributed by atoms with Crippen LogP contribution in [0.3, 0.4) is 0 Å². The van der Waals surface area contributed by atoms with Crippen LogP contribution in [0.2, 0.25) is 0 Å². The summed E-state index contributed by atoms with van der Waals surface area (Å²) in [6.45, 7) is -0.344. The molecule has 8 nitrogen and oxygen atoms in total. The summed E-state index contributed by atoms with van der Waals surface area (Å²) in [6.07, 6.45) is -5.37. The largest absolute Gasteiger partial charge is 0.573 e. The normalized spacial score (nSPS) is 11.8. The van der Waals surface area contributed by atoms with Gasteiger partial charge in [0.2, 0.25) is 15.9 Å². The lowest BCUT2D eigenvalue weighted by Crippen LogP contribution is -2.31. The minimum atomic E-state index is -4.88. The summed E-state index contributed by atoms with van der Waals surface area (Å²) in [4.78, 5) is 21.3. The number of carbonyl (C=O) groups is 2. The van der Waals surface area contributed by atoms with Crippen molar-refractivity contribution in [2.75, 3.05) is 13.1 Å². The molecule has 140 valence electrons. The van der Waals surface area contributed by atoms with E-state index in [1.807, 2.05) is 0 Å². The molecule has 1 rings (SSSR count). The number of hydrogen-bond acceptors (Lipinski definition) is 5. The molecule has 0 unspecified atom stereocenters. The fourth-order valence-electron chi connectivity index (χ4n) is 1.60. The first-order valence-corrected chi connectivity index (χ1v) is 8.32. The molecule has 25 heavy (non-hydrogen) atoms. The van der Waals surface area contributed by atoms with Gasteiger partial charge in [-0.3, -0.25) is 9.59 Å². The van der Waals surface area contributed by atoms with Crippen molar-refractivity contribution in [2.45, 2.75) is 24.1 Å². The van der Waals surface area contributed by atoms with Crippen molar-refractivity contribution >= 4 is 21.9 Å². The molecule has 0 aliphatic heterocycles. The van der Waals surface area contributed by atoms with Gasteiger partial charge in [0, 0.05) is 19.5 Å². The molecular formula is C13H15F3N2O6S. The Bertz CT molecular complexity index is 703. The topological polar surface area (TPSA) is 122 Å². The lowest BCUT2D eigenvalue weighted by Gasteiger charge is -2.10. The third kappa shape index (κ3) is 8.35. The zero-order valence-corrected chi connectivity index (χ0v) is 13.5. The molecule has 12 heteroatoms. The number of nitrogens with one attached hydrogen (secondary N) is 2. The van der Waals surface area contributed by atoms with E-state index in [0.29, 0.717) is 0 Å². The maximum absolute atomic E-state index is 12.0. The van der Waals surface area contributed by atoms with Gasteiger partial charge < -0.3 is 15.2 Å². The number of amides is 1. The van der Waals surface area contributed by atoms with E-state index in [-0.39, 0.29) is 30.8 Å². The Kier molecular flexibility index (Phi) is 7.18. The second-order valence-electron chi connectivity index (χ2n) is 4.66. The predicted octanol–water partition coefficient (Wildman–Crippen LogP) is 0.845. The molecule has 0 bridgehead atoms. The van der Waals surface area contributed by atoms with Crippen LogP contribution in [0.15, 0.2) is 29.2 Å². The number of ether oxygens (including phenoxy) is 1. The number of carbonyl (C=O) groups excluding carboxylic acids is 1. The summed E-state index contributed by atoms with van der Waals surface area (Å²) >= 11 is 0. The zero-order chi connectivity index (χ0) is 19.1. The standard InChI is InChI=1S/C13H15F3N2O6S/c14-13(15,16)24-9-1-3-10(4-2-9)25(22,23)18-8-5-11(19)17-7-6-12(20)21/h1-4,18H,5-8H2,(H,17,19)(H,20,21). The summed E-state index contributed by atoms with van der Waals surface area (Å²) in [5.74, 6) is -2.19. The minimum Gasteiger partial charge on any atom is -0.481 e. The molecule has 1 aromatic carbocycles. The van der Waals surface area contributed by atoms with Gasteiger partial charge in [-0.2, -0.15) is 0 Å². The molecule has 1 aromatic rings. The Morgan fingerprint density at radius 2 is 1.68 bits per heavy atom. The molecule has 0 radical (unpaired) electrons. The van der Waals surface area contributed by atoms with Gasteiger partial charge >= 0.3 is 12.3 Å². The molecule has 0 aliphatic rings. The van der Waals surface area contributed by atoms with E-state index in [9.17, 15) is 31.2 Å². The number of hydrogen-bond donors (Lipinski definition) is 3. The highest BCUT2D eigenvalue weighted by atomic mass is 32.2. The van der Waals surface area contributed by atoms with Crippen molar-refractivity contribution in [1.82, 2.24) is 10.0 Å². The molecule has 0 saturated heterocycles. The number of carboxylic acids is 1. The average Bonchev–Trinajstić information content (AvgIpc) is 2.45. The van der Waals surface area contributed by atoms with E-state index in [1.54, 1.807) is 0 Å². The summed E-state index contributed by atoms with van der Waals surface area (Å²) in [5.41, 5.74) is 0. The van der Waals surface area contributed by atoms with E-state index in [0.717, 1.165) is 24.3 Å². The van der Waals surface area contributed by atoms with Gasteiger partial charge in [0.25, 0.3) is 0 Å². The van der Waals surface area contributed by atoms with Crippen LogP contribution in [0.25, 0.3) is 0 Å². The Hall–Kier alpha value is -2.34. The average molecular weight is 384 g/mol. The second-order valence-corrected chi connectivity index (χ2v) is 6.43. The smallest absolute Gasteiger partial charge is 0.481 e. The van der Waals surface area contributed by atoms with Crippen LogP contribution < -0.4 is 14.8 Å². The molecule has 0 atom stereocenters. The van der Waals surface area contributed by atoms with Crippen LogP contribution >= 0.6 is 0 Å². The number of rotatable bonds is 9. The fourth-order valence-corrected chi connectivity index (χ4v) is 2.63. The SMILES string of the molecule is O=C(O)CCNC(=O)CCNS(=O)(=O)c1ccc(OC(F)(F)F)cc1.